The van der Waals surface area contributed by atoms with E-state index < -0.39 is 91.5 Å². The molecule has 0 radical (unpaired) electrons. The van der Waals surface area contributed by atoms with Gasteiger partial charge in [-0.15, -0.1) is 0 Å². The third-order valence-electron chi connectivity index (χ3n) is 13.1. The van der Waals surface area contributed by atoms with Gasteiger partial charge in [-0.25, -0.2) is 9.13 Å². The van der Waals surface area contributed by atoms with Gasteiger partial charge in [-0.1, -0.05) is 229 Å². The van der Waals surface area contributed by atoms with E-state index in [0.717, 1.165) is 148 Å². The topological polar surface area (TPSA) is 231 Å². The molecule has 0 aromatic carbocycles. The van der Waals surface area contributed by atoms with Gasteiger partial charge in [0.05, 0.1) is 26.4 Å². The number of carbonyl (C=O) groups excluding carboxylic acids is 3. The van der Waals surface area contributed by atoms with Crippen LogP contribution in [0.1, 0.15) is 213 Å². The second kappa shape index (κ2) is 66.7. The van der Waals surface area contributed by atoms with Crippen LogP contribution < -0.4 is 0 Å². The van der Waals surface area contributed by atoms with E-state index in [1.54, 1.807) is 0 Å². The molecule has 93 heavy (non-hydrogen) atoms. The van der Waals surface area contributed by atoms with Crippen molar-refractivity contribution in [1.29, 1.82) is 0 Å². The molecule has 5 atom stereocenters. The normalized spacial score (nSPS) is 15.3. The number of phosphoric ester groups is 2. The third-order valence-corrected chi connectivity index (χ3v) is 15.0. The first-order valence-electron chi connectivity index (χ1n) is 34.1. The maximum absolute atomic E-state index is 12.9. The van der Waals surface area contributed by atoms with E-state index >= 15 is 0 Å². The summed E-state index contributed by atoms with van der Waals surface area (Å²) in [5.41, 5.74) is 0. The van der Waals surface area contributed by atoms with E-state index in [1.807, 2.05) is 12.2 Å². The molecule has 0 aliphatic heterocycles. The van der Waals surface area contributed by atoms with Crippen molar-refractivity contribution in [2.24, 2.45) is 0 Å². The lowest BCUT2D eigenvalue weighted by atomic mass is 10.1. The van der Waals surface area contributed by atoms with Gasteiger partial charge in [0.2, 0.25) is 0 Å². The molecule has 4 N–H and O–H groups in total. The van der Waals surface area contributed by atoms with Gasteiger partial charge in [0.1, 0.15) is 25.4 Å². The molecule has 0 aliphatic rings. The molecule has 0 aromatic heterocycles. The van der Waals surface area contributed by atoms with Gasteiger partial charge in [0.25, 0.3) is 0 Å². The average molecular weight is 1340 g/mol. The number of rotatable bonds is 62. The molecule has 0 aromatic rings. The molecule has 0 bridgehead atoms. The summed E-state index contributed by atoms with van der Waals surface area (Å²) >= 11 is 0. The summed E-state index contributed by atoms with van der Waals surface area (Å²) in [5.74, 6) is -1.72. The summed E-state index contributed by atoms with van der Waals surface area (Å²) in [5, 5.41) is 20.6. The summed E-state index contributed by atoms with van der Waals surface area (Å²) in [6.07, 6.45) is 83.8. The zero-order valence-electron chi connectivity index (χ0n) is 56.6. The van der Waals surface area contributed by atoms with Crippen LogP contribution in [0, 0.1) is 0 Å². The van der Waals surface area contributed by atoms with Gasteiger partial charge in [-0.2, -0.15) is 0 Å². The molecule has 0 saturated carbocycles. The summed E-state index contributed by atoms with van der Waals surface area (Å²) in [6.45, 7) is 2.15. The van der Waals surface area contributed by atoms with Crippen LogP contribution in [0.5, 0.6) is 0 Å². The standard InChI is InChI=1S/C75H118O16P2/c1-4-7-10-13-16-19-22-25-28-31-32-33-34-35-36-39-41-43-46-49-52-55-58-61-73(78)85-64-70(76)65-87-92(81,82)88-66-71(77)67-89-93(83,84)90-69-72(91-75(80)63-60-57-54-51-48-45-42-38-30-27-24-21-18-15-12-9-6-3)68-86-74(79)62-59-56-53-50-47-44-40-37-29-26-23-20-17-14-11-8-5-2/h7-12,16-21,25-30,32-33,35-36,40-45,50,53,70-72,76-77H,4-6,13-15,22-24,31,34,37-39,46-49,51-52,54-69H2,1-3H3,(H,81,82)(H,83,84)/b10-7-,11-8-,12-9-,19-16-,20-17-,21-18-,28-25-,29-26-,30-27-,33-32-,36-35-,43-41-,44-40-,45-42-,53-50-. The van der Waals surface area contributed by atoms with Crippen molar-refractivity contribution in [2.75, 3.05) is 39.6 Å². The maximum Gasteiger partial charge on any atom is 0.472 e. The number of allylic oxidation sites excluding steroid dienone is 30. The van der Waals surface area contributed by atoms with Gasteiger partial charge in [-0.05, 0) is 148 Å². The van der Waals surface area contributed by atoms with Gasteiger partial charge < -0.3 is 34.2 Å². The highest BCUT2D eigenvalue weighted by molar-refractivity contribution is 7.47. The average Bonchev–Trinajstić information content (AvgIpc) is 3.73. The molecule has 5 unspecified atom stereocenters. The fourth-order valence-corrected chi connectivity index (χ4v) is 9.59. The van der Waals surface area contributed by atoms with Gasteiger partial charge >= 0.3 is 33.6 Å². The van der Waals surface area contributed by atoms with Gasteiger partial charge in [-0.3, -0.25) is 32.5 Å². The molecule has 16 nitrogen and oxygen atoms in total. The minimum atomic E-state index is -4.96. The Labute approximate surface area is 560 Å². The molecule has 0 saturated heterocycles. The summed E-state index contributed by atoms with van der Waals surface area (Å²) < 4.78 is 60.8. The van der Waals surface area contributed by atoms with Crippen LogP contribution in [0.2, 0.25) is 0 Å². The van der Waals surface area contributed by atoms with E-state index in [2.05, 4.69) is 191 Å². The first kappa shape index (κ1) is 87.7. The zero-order chi connectivity index (χ0) is 68.1. The molecular formula is C75H118O16P2. The van der Waals surface area contributed by atoms with Crippen molar-refractivity contribution in [1.82, 2.24) is 0 Å². The van der Waals surface area contributed by atoms with Crippen molar-refractivity contribution in [3.05, 3.63) is 182 Å². The SMILES string of the molecule is CC/C=C\C/C=C\C/C=C\C/C=C\C/C=C\C/C=C\CCCCCCC(=O)OCC(O)COP(=O)(O)OCC(O)COP(=O)(O)OCC(COC(=O)CCC/C=C\C/C=C\C/C=C\C/C=C\C/C=C\CC)OC(=O)CCCCCC/C=C\C/C=C\C/C=C\C/C=C\CC. The Kier molecular flexibility index (Phi) is 62.8. The number of ether oxygens (including phenoxy) is 3. The second-order valence-electron chi connectivity index (χ2n) is 21.8. The number of aliphatic hydroxyl groups is 2. The molecule has 0 spiro atoms. The minimum absolute atomic E-state index is 0.0557. The number of carbonyl (C=O) groups is 3. The Hall–Kier alpha value is -5.35. The lowest BCUT2D eigenvalue weighted by Gasteiger charge is -2.21. The minimum Gasteiger partial charge on any atom is -0.463 e. The fraction of sp³-hybridized carbons (Fsp3) is 0.560. The second-order valence-corrected chi connectivity index (χ2v) is 24.7. The molecular weight excluding hydrogens is 1220 g/mol. The van der Waals surface area contributed by atoms with Crippen LogP contribution in [-0.2, 0) is 55.8 Å². The number of esters is 3. The summed E-state index contributed by atoms with van der Waals surface area (Å²) in [7, 11) is -9.83. The highest BCUT2D eigenvalue weighted by Crippen LogP contribution is 2.45. The molecule has 0 rings (SSSR count). The largest absolute Gasteiger partial charge is 0.472 e. The quantitative estimate of drug-likeness (QED) is 0.0146. The molecule has 524 valence electrons. The Morgan fingerprint density at radius 3 is 0.882 bits per heavy atom. The first-order chi connectivity index (χ1) is 45.2. The number of hydrogen-bond acceptors (Lipinski definition) is 14. The molecule has 0 amide bonds. The Bertz CT molecular complexity index is 2420. The number of unbranched alkanes of at least 4 members (excludes halogenated alkanes) is 9. The predicted molar refractivity (Wildman–Crippen MR) is 380 cm³/mol. The fourth-order valence-electron chi connectivity index (χ4n) is 8.01. The van der Waals surface area contributed by atoms with E-state index in [4.69, 9.17) is 32.3 Å². The van der Waals surface area contributed by atoms with Gasteiger partial charge in [0, 0.05) is 19.3 Å². The third kappa shape index (κ3) is 67.9. The summed E-state index contributed by atoms with van der Waals surface area (Å²) in [4.78, 5) is 58.4. The van der Waals surface area contributed by atoms with Crippen molar-refractivity contribution in [2.45, 2.75) is 232 Å². The zero-order valence-corrected chi connectivity index (χ0v) is 58.4. The maximum atomic E-state index is 12.9. The van der Waals surface area contributed by atoms with Crippen LogP contribution in [0.15, 0.2) is 182 Å². The lowest BCUT2D eigenvalue weighted by molar-refractivity contribution is -0.161. The summed E-state index contributed by atoms with van der Waals surface area (Å²) in [6, 6.07) is 0. The predicted octanol–water partition coefficient (Wildman–Crippen LogP) is 19.1. The van der Waals surface area contributed by atoms with Crippen molar-refractivity contribution in [3.63, 3.8) is 0 Å². The number of aliphatic hydroxyl groups excluding tert-OH is 2. The van der Waals surface area contributed by atoms with Crippen LogP contribution in [-0.4, -0.2) is 95.9 Å². The number of phosphoric acid groups is 2. The smallest absolute Gasteiger partial charge is 0.463 e. The van der Waals surface area contributed by atoms with E-state index in [1.165, 1.54) is 0 Å². The van der Waals surface area contributed by atoms with Crippen molar-refractivity contribution >= 4 is 33.6 Å². The molecule has 18 heteroatoms. The molecule has 0 fully saturated rings. The van der Waals surface area contributed by atoms with Crippen molar-refractivity contribution < 1.29 is 75.8 Å². The monoisotopic (exact) mass is 1340 g/mol. The lowest BCUT2D eigenvalue weighted by Crippen LogP contribution is -2.30. The Balaban J connectivity index is 4.77. The van der Waals surface area contributed by atoms with Crippen LogP contribution in [0.3, 0.4) is 0 Å². The molecule has 0 aliphatic carbocycles. The van der Waals surface area contributed by atoms with E-state index in [-0.39, 0.29) is 19.3 Å². The van der Waals surface area contributed by atoms with E-state index in [0.29, 0.717) is 25.7 Å². The first-order valence-corrected chi connectivity index (χ1v) is 37.1. The number of hydrogen-bond donors (Lipinski definition) is 4. The molecule has 0 heterocycles. The van der Waals surface area contributed by atoms with Crippen LogP contribution in [0.4, 0.5) is 0 Å². The Morgan fingerprint density at radius 2 is 0.548 bits per heavy atom. The van der Waals surface area contributed by atoms with Crippen molar-refractivity contribution in [3.8, 4) is 0 Å². The Morgan fingerprint density at radius 1 is 0.301 bits per heavy atom. The van der Waals surface area contributed by atoms with E-state index in [9.17, 15) is 43.5 Å². The highest BCUT2D eigenvalue weighted by atomic mass is 31.2. The van der Waals surface area contributed by atoms with Gasteiger partial charge in [0.15, 0.2) is 6.10 Å². The highest BCUT2D eigenvalue weighted by Gasteiger charge is 2.29. The van der Waals surface area contributed by atoms with Crippen LogP contribution in [0.25, 0.3) is 0 Å². The van der Waals surface area contributed by atoms with Crippen LogP contribution >= 0.6 is 15.6 Å².